The zero-order valence-electron chi connectivity index (χ0n) is 9.33. The molecule has 0 radical (unpaired) electrons. The number of hydrogen-bond donors (Lipinski definition) is 0. The molecule has 0 atom stereocenters. The minimum Gasteiger partial charge on any atom is -0.412 e. The van der Waals surface area contributed by atoms with Gasteiger partial charge in [0.2, 0.25) is 0 Å². The Bertz CT molecular complexity index is 16.8. The molecule has 2 N–H and O–H groups in total. The van der Waals surface area contributed by atoms with Gasteiger partial charge in [-0.25, -0.2) is 0 Å². The van der Waals surface area contributed by atoms with Crippen LogP contribution in [0, 0.1) is 0 Å². The monoisotopic (exact) mass is 164 g/mol. The standard InChI is InChI=1S/C6H14.2C2H6.H2O/c1-3-5-6-4-2;2*1-2;/h3-6H2,1-2H3;2*1-2H3;1H2. The van der Waals surface area contributed by atoms with Crippen LogP contribution in [0.25, 0.3) is 0 Å². The van der Waals surface area contributed by atoms with Gasteiger partial charge in [0.25, 0.3) is 0 Å². The molecule has 0 aromatic rings. The van der Waals surface area contributed by atoms with Gasteiger partial charge in [-0.1, -0.05) is 67.2 Å². The molecule has 11 heavy (non-hydrogen) atoms. The van der Waals surface area contributed by atoms with E-state index in [2.05, 4.69) is 13.8 Å². The van der Waals surface area contributed by atoms with Crippen LogP contribution in [0.3, 0.4) is 0 Å². The van der Waals surface area contributed by atoms with Gasteiger partial charge in [-0.15, -0.1) is 0 Å². The Morgan fingerprint density at radius 2 is 0.818 bits per heavy atom. The molecule has 0 amide bonds. The summed E-state index contributed by atoms with van der Waals surface area (Å²) in [6, 6.07) is 0. The Balaban J connectivity index is -0.0000000428. The van der Waals surface area contributed by atoms with Crippen LogP contribution in [-0.4, -0.2) is 5.48 Å². The number of rotatable bonds is 3. The fourth-order valence-corrected chi connectivity index (χ4v) is 0.500. The summed E-state index contributed by atoms with van der Waals surface area (Å²) >= 11 is 0. The molecule has 0 aromatic heterocycles. The molecule has 0 aromatic carbocycles. The van der Waals surface area contributed by atoms with Gasteiger partial charge in [0.15, 0.2) is 0 Å². The van der Waals surface area contributed by atoms with Crippen LogP contribution >= 0.6 is 0 Å². The Kier molecular flexibility index (Phi) is 104. The van der Waals surface area contributed by atoms with Crippen LogP contribution in [0.5, 0.6) is 0 Å². The predicted molar refractivity (Wildman–Crippen MR) is 56.1 cm³/mol. The highest BCUT2D eigenvalue weighted by Gasteiger charge is 1.75. The second-order valence-electron chi connectivity index (χ2n) is 1.71. The molecule has 0 fully saturated rings. The van der Waals surface area contributed by atoms with Crippen molar-refractivity contribution in [2.75, 3.05) is 0 Å². The minimum absolute atomic E-state index is 0. The zero-order valence-corrected chi connectivity index (χ0v) is 9.33. The van der Waals surface area contributed by atoms with Gasteiger partial charge < -0.3 is 5.48 Å². The van der Waals surface area contributed by atoms with Crippen molar-refractivity contribution in [3.05, 3.63) is 0 Å². The van der Waals surface area contributed by atoms with Crippen molar-refractivity contribution >= 4 is 0 Å². The Morgan fingerprint density at radius 3 is 0.909 bits per heavy atom. The van der Waals surface area contributed by atoms with E-state index < -0.39 is 0 Å². The first-order valence-electron chi connectivity index (χ1n) is 4.91. The third kappa shape index (κ3) is 72.0. The highest BCUT2D eigenvalue weighted by atomic mass is 16.0. The predicted octanol–water partition coefficient (Wildman–Crippen LogP) is 3.81. The van der Waals surface area contributed by atoms with Crippen molar-refractivity contribution in [3.8, 4) is 0 Å². The zero-order chi connectivity index (χ0) is 8.83. The van der Waals surface area contributed by atoms with Crippen molar-refractivity contribution in [1.82, 2.24) is 0 Å². The van der Waals surface area contributed by atoms with E-state index in [1.807, 2.05) is 27.7 Å². The van der Waals surface area contributed by atoms with Crippen LogP contribution in [0.4, 0.5) is 0 Å². The van der Waals surface area contributed by atoms with Crippen molar-refractivity contribution < 1.29 is 5.48 Å². The van der Waals surface area contributed by atoms with Crippen molar-refractivity contribution in [3.63, 3.8) is 0 Å². The van der Waals surface area contributed by atoms with E-state index in [1.165, 1.54) is 25.7 Å². The second kappa shape index (κ2) is 51.0. The first-order chi connectivity index (χ1) is 4.91. The maximum Gasteiger partial charge on any atom is -0.0536 e. The molecule has 0 spiro atoms. The fourth-order valence-electron chi connectivity index (χ4n) is 0.500. The molecule has 0 saturated carbocycles. The van der Waals surface area contributed by atoms with Gasteiger partial charge in [0.1, 0.15) is 0 Å². The van der Waals surface area contributed by atoms with Gasteiger partial charge in [-0.2, -0.15) is 0 Å². The van der Waals surface area contributed by atoms with Crippen molar-refractivity contribution in [1.29, 1.82) is 0 Å². The molecule has 1 heteroatoms. The average molecular weight is 164 g/mol. The van der Waals surface area contributed by atoms with Gasteiger partial charge >= 0.3 is 0 Å². The largest absolute Gasteiger partial charge is 0.412 e. The summed E-state index contributed by atoms with van der Waals surface area (Å²) in [7, 11) is 0. The van der Waals surface area contributed by atoms with Gasteiger partial charge in [0.05, 0.1) is 0 Å². The van der Waals surface area contributed by atoms with Gasteiger partial charge in [-0.05, 0) is 0 Å². The molecular weight excluding hydrogens is 136 g/mol. The van der Waals surface area contributed by atoms with Gasteiger partial charge in [-0.3, -0.25) is 0 Å². The summed E-state index contributed by atoms with van der Waals surface area (Å²) in [5, 5.41) is 0. The Hall–Kier alpha value is -0.0400. The molecule has 0 aliphatic carbocycles. The average Bonchev–Trinajstić information content (AvgIpc) is 2.08. The lowest BCUT2D eigenvalue weighted by molar-refractivity contribution is 0.702. The molecule has 1 nitrogen and oxygen atoms in total. The van der Waals surface area contributed by atoms with Crippen LogP contribution in [0.15, 0.2) is 0 Å². The molecule has 0 heterocycles. The van der Waals surface area contributed by atoms with E-state index in [4.69, 9.17) is 0 Å². The SMILES string of the molecule is CC.CC.CCCCCC.O. The molecule has 0 unspecified atom stereocenters. The molecule has 0 aliphatic heterocycles. The minimum atomic E-state index is 0. The van der Waals surface area contributed by atoms with Crippen LogP contribution < -0.4 is 0 Å². The molecule has 0 saturated heterocycles. The van der Waals surface area contributed by atoms with Gasteiger partial charge in [0, 0.05) is 0 Å². The molecule has 74 valence electrons. The smallest absolute Gasteiger partial charge is 0.0536 e. The summed E-state index contributed by atoms with van der Waals surface area (Å²) in [4.78, 5) is 0. The molecule has 0 aliphatic rings. The highest BCUT2D eigenvalue weighted by molar-refractivity contribution is 4.31. The lowest BCUT2D eigenvalue weighted by Gasteiger charge is -1.86. The number of unbranched alkanes of at least 4 members (excludes halogenated alkanes) is 3. The van der Waals surface area contributed by atoms with Crippen molar-refractivity contribution in [2.45, 2.75) is 67.2 Å². The lowest BCUT2D eigenvalue weighted by Crippen LogP contribution is -1.66. The third-order valence-electron chi connectivity index (χ3n) is 0.957. The van der Waals surface area contributed by atoms with Crippen LogP contribution in [0.2, 0.25) is 0 Å². The maximum absolute atomic E-state index is 2.23. The fraction of sp³-hybridized carbons (Fsp3) is 1.00. The normalized spacial score (nSPS) is 6.00. The third-order valence-corrected chi connectivity index (χ3v) is 0.957. The van der Waals surface area contributed by atoms with E-state index >= 15 is 0 Å². The summed E-state index contributed by atoms with van der Waals surface area (Å²) in [6.45, 7) is 12.5. The Morgan fingerprint density at radius 1 is 0.636 bits per heavy atom. The van der Waals surface area contributed by atoms with Crippen LogP contribution in [0.1, 0.15) is 67.2 Å². The molecule has 0 rings (SSSR count). The van der Waals surface area contributed by atoms with Crippen LogP contribution in [-0.2, 0) is 0 Å². The van der Waals surface area contributed by atoms with E-state index in [0.29, 0.717) is 0 Å². The highest BCUT2D eigenvalue weighted by Crippen LogP contribution is 1.95. The first-order valence-corrected chi connectivity index (χ1v) is 4.91. The van der Waals surface area contributed by atoms with E-state index in [1.54, 1.807) is 0 Å². The Labute approximate surface area is 73.5 Å². The summed E-state index contributed by atoms with van der Waals surface area (Å²) < 4.78 is 0. The first kappa shape index (κ1) is 22.4. The second-order valence-corrected chi connectivity index (χ2v) is 1.71. The summed E-state index contributed by atoms with van der Waals surface area (Å²) in [5.74, 6) is 0. The maximum atomic E-state index is 2.23. The molecule has 0 bridgehead atoms. The van der Waals surface area contributed by atoms with E-state index in [-0.39, 0.29) is 5.48 Å². The lowest BCUT2D eigenvalue weighted by atomic mass is 10.2. The van der Waals surface area contributed by atoms with E-state index in [0.717, 1.165) is 0 Å². The quantitative estimate of drug-likeness (QED) is 0.568. The summed E-state index contributed by atoms with van der Waals surface area (Å²) in [5.41, 5.74) is 0. The topological polar surface area (TPSA) is 31.5 Å². The number of hydrogen-bond acceptors (Lipinski definition) is 0. The molecular formula is C10H28O. The van der Waals surface area contributed by atoms with Crippen molar-refractivity contribution in [2.24, 2.45) is 0 Å². The van der Waals surface area contributed by atoms with E-state index in [9.17, 15) is 0 Å². The summed E-state index contributed by atoms with van der Waals surface area (Å²) in [6.07, 6.45) is 5.54.